The zero-order valence-electron chi connectivity index (χ0n) is 15.3. The Morgan fingerprint density at radius 1 is 1.31 bits per heavy atom. The van der Waals surface area contributed by atoms with Crippen molar-refractivity contribution in [2.45, 2.75) is 64.2 Å². The van der Waals surface area contributed by atoms with Crippen molar-refractivity contribution in [2.24, 2.45) is 0 Å². The zero-order chi connectivity index (χ0) is 18.5. The van der Waals surface area contributed by atoms with Gasteiger partial charge in [0.1, 0.15) is 11.9 Å². The van der Waals surface area contributed by atoms with E-state index in [1.165, 1.54) is 0 Å². The molecule has 2 N–H and O–H groups in total. The SMILES string of the molecule is CCCCc1ncc([C@@H]2C[C@H](NC(C)=O)C[C@H](c3ccc(Cl)cc3)O2)[nH]1. The summed E-state index contributed by atoms with van der Waals surface area (Å²) in [5, 5.41) is 3.76. The van der Waals surface area contributed by atoms with Crippen LogP contribution in [0.1, 0.15) is 68.8 Å². The van der Waals surface area contributed by atoms with Crippen LogP contribution in [-0.2, 0) is 16.0 Å². The molecule has 0 radical (unpaired) electrons. The molecule has 1 amide bonds. The van der Waals surface area contributed by atoms with Crippen molar-refractivity contribution in [3.05, 3.63) is 52.6 Å². The standard InChI is InChI=1S/C20H26ClN3O2/c1-3-4-5-20-22-12-17(24-20)19-11-16(23-13(2)25)10-18(26-19)14-6-8-15(21)9-7-14/h6-9,12,16,18-19H,3-5,10-11H2,1-2H3,(H,22,24)(H,23,25)/t16-,18-,19+/m1/s1. The molecule has 2 aromatic rings. The number of unbranched alkanes of at least 4 members (excludes halogenated alkanes) is 1. The van der Waals surface area contributed by atoms with Gasteiger partial charge in [-0.15, -0.1) is 0 Å². The second-order valence-electron chi connectivity index (χ2n) is 6.92. The number of aromatic amines is 1. The van der Waals surface area contributed by atoms with Crippen molar-refractivity contribution >= 4 is 17.5 Å². The van der Waals surface area contributed by atoms with E-state index in [-0.39, 0.29) is 24.2 Å². The molecule has 3 atom stereocenters. The predicted molar refractivity (Wildman–Crippen MR) is 102 cm³/mol. The number of ether oxygens (including phenoxy) is 1. The highest BCUT2D eigenvalue weighted by Crippen LogP contribution is 2.38. The molecule has 2 heterocycles. The van der Waals surface area contributed by atoms with Gasteiger partial charge in [0.2, 0.25) is 5.91 Å². The molecule has 3 rings (SSSR count). The average molecular weight is 376 g/mol. The van der Waals surface area contributed by atoms with Gasteiger partial charge in [0.25, 0.3) is 0 Å². The Hall–Kier alpha value is -1.85. The monoisotopic (exact) mass is 375 g/mol. The van der Waals surface area contributed by atoms with Crippen molar-refractivity contribution in [1.29, 1.82) is 0 Å². The second kappa shape index (κ2) is 8.69. The first-order valence-electron chi connectivity index (χ1n) is 9.27. The van der Waals surface area contributed by atoms with Gasteiger partial charge in [-0.3, -0.25) is 4.79 Å². The molecule has 1 aliphatic rings. The van der Waals surface area contributed by atoms with Gasteiger partial charge >= 0.3 is 0 Å². The zero-order valence-corrected chi connectivity index (χ0v) is 16.1. The maximum Gasteiger partial charge on any atom is 0.217 e. The largest absolute Gasteiger partial charge is 0.364 e. The number of carbonyl (C=O) groups is 1. The summed E-state index contributed by atoms with van der Waals surface area (Å²) in [5.41, 5.74) is 2.05. The third kappa shape index (κ3) is 4.86. The lowest BCUT2D eigenvalue weighted by atomic mass is 9.93. The van der Waals surface area contributed by atoms with Crippen LogP contribution in [0.2, 0.25) is 5.02 Å². The summed E-state index contributed by atoms with van der Waals surface area (Å²) in [6.45, 7) is 3.73. The Kier molecular flexibility index (Phi) is 6.33. The maximum absolute atomic E-state index is 11.6. The van der Waals surface area contributed by atoms with E-state index < -0.39 is 0 Å². The van der Waals surface area contributed by atoms with Gasteiger partial charge in [0.15, 0.2) is 0 Å². The molecular formula is C20H26ClN3O2. The van der Waals surface area contributed by atoms with Gasteiger partial charge < -0.3 is 15.0 Å². The van der Waals surface area contributed by atoms with Crippen molar-refractivity contribution in [3.63, 3.8) is 0 Å². The number of hydrogen-bond donors (Lipinski definition) is 2. The Morgan fingerprint density at radius 2 is 2.04 bits per heavy atom. The smallest absolute Gasteiger partial charge is 0.217 e. The van der Waals surface area contributed by atoms with Crippen LogP contribution < -0.4 is 5.32 Å². The van der Waals surface area contributed by atoms with Gasteiger partial charge in [-0.25, -0.2) is 4.98 Å². The van der Waals surface area contributed by atoms with E-state index in [0.29, 0.717) is 5.02 Å². The molecule has 0 bridgehead atoms. The third-order valence-corrected chi connectivity index (χ3v) is 4.99. The summed E-state index contributed by atoms with van der Waals surface area (Å²) in [6, 6.07) is 7.78. The first kappa shape index (κ1) is 18.9. The van der Waals surface area contributed by atoms with Gasteiger partial charge in [-0.1, -0.05) is 37.1 Å². The molecule has 0 spiro atoms. The number of carbonyl (C=O) groups excluding carboxylic acids is 1. The quantitative estimate of drug-likeness (QED) is 0.780. The van der Waals surface area contributed by atoms with Crippen LogP contribution in [0.25, 0.3) is 0 Å². The number of halogens is 1. The molecule has 1 aromatic heterocycles. The summed E-state index contributed by atoms with van der Waals surface area (Å²) in [5.74, 6) is 0.980. The second-order valence-corrected chi connectivity index (χ2v) is 7.36. The summed E-state index contributed by atoms with van der Waals surface area (Å²) in [6.07, 6.45) is 6.33. The minimum atomic E-state index is -0.121. The summed E-state index contributed by atoms with van der Waals surface area (Å²) >= 11 is 6.01. The number of amides is 1. The summed E-state index contributed by atoms with van der Waals surface area (Å²) in [4.78, 5) is 19.5. The van der Waals surface area contributed by atoms with Crippen molar-refractivity contribution < 1.29 is 9.53 Å². The number of H-pyrrole nitrogens is 1. The maximum atomic E-state index is 11.6. The van der Waals surface area contributed by atoms with Crippen LogP contribution in [0.5, 0.6) is 0 Å². The number of nitrogens with zero attached hydrogens (tertiary/aromatic N) is 1. The minimum Gasteiger partial charge on any atom is -0.364 e. The fraction of sp³-hybridized carbons (Fsp3) is 0.500. The lowest BCUT2D eigenvalue weighted by Crippen LogP contribution is -2.39. The normalized spacial score (nSPS) is 23.0. The van der Waals surface area contributed by atoms with E-state index in [9.17, 15) is 4.79 Å². The van der Waals surface area contributed by atoms with E-state index in [1.807, 2.05) is 30.5 Å². The topological polar surface area (TPSA) is 67.0 Å². The molecule has 0 saturated carbocycles. The fourth-order valence-corrected chi connectivity index (χ4v) is 3.56. The van der Waals surface area contributed by atoms with Crippen LogP contribution in [-0.4, -0.2) is 21.9 Å². The molecule has 1 aliphatic heterocycles. The molecule has 26 heavy (non-hydrogen) atoms. The van der Waals surface area contributed by atoms with Crippen LogP contribution >= 0.6 is 11.6 Å². The molecule has 1 fully saturated rings. The van der Waals surface area contributed by atoms with Gasteiger partial charge in [-0.2, -0.15) is 0 Å². The number of nitrogens with one attached hydrogen (secondary N) is 2. The number of benzene rings is 1. The highest BCUT2D eigenvalue weighted by atomic mass is 35.5. The van der Waals surface area contributed by atoms with Crippen LogP contribution in [0.4, 0.5) is 0 Å². The minimum absolute atomic E-state index is 0.0150. The molecule has 1 saturated heterocycles. The van der Waals surface area contributed by atoms with Crippen LogP contribution in [0.15, 0.2) is 30.5 Å². The molecule has 1 aromatic carbocycles. The highest BCUT2D eigenvalue weighted by Gasteiger charge is 2.32. The van der Waals surface area contributed by atoms with Gasteiger partial charge in [0, 0.05) is 24.4 Å². The molecular weight excluding hydrogens is 350 g/mol. The Balaban J connectivity index is 1.78. The van der Waals surface area contributed by atoms with E-state index in [1.54, 1.807) is 6.92 Å². The lowest BCUT2D eigenvalue weighted by molar-refractivity contribution is -0.122. The first-order valence-corrected chi connectivity index (χ1v) is 9.64. The fourth-order valence-electron chi connectivity index (χ4n) is 3.43. The molecule has 0 aliphatic carbocycles. The number of aryl methyl sites for hydroxylation is 1. The van der Waals surface area contributed by atoms with Crippen molar-refractivity contribution in [2.75, 3.05) is 0 Å². The van der Waals surface area contributed by atoms with Gasteiger partial charge in [0.05, 0.1) is 18.0 Å². The third-order valence-electron chi connectivity index (χ3n) is 4.74. The summed E-state index contributed by atoms with van der Waals surface area (Å²) < 4.78 is 6.36. The number of imidazole rings is 1. The number of rotatable bonds is 6. The van der Waals surface area contributed by atoms with Crippen LogP contribution in [0.3, 0.4) is 0 Å². The molecule has 0 unspecified atom stereocenters. The van der Waals surface area contributed by atoms with Crippen molar-refractivity contribution in [3.8, 4) is 0 Å². The molecule has 140 valence electrons. The van der Waals surface area contributed by atoms with E-state index in [2.05, 4.69) is 22.2 Å². The lowest BCUT2D eigenvalue weighted by Gasteiger charge is -2.35. The molecule has 6 heteroatoms. The summed E-state index contributed by atoms with van der Waals surface area (Å²) in [7, 11) is 0. The predicted octanol–water partition coefficient (Wildman–Crippen LogP) is 4.50. The first-order chi connectivity index (χ1) is 12.5. The van der Waals surface area contributed by atoms with Crippen LogP contribution in [0, 0.1) is 0 Å². The highest BCUT2D eigenvalue weighted by molar-refractivity contribution is 6.30. The molecule has 5 nitrogen and oxygen atoms in total. The number of hydrogen-bond acceptors (Lipinski definition) is 3. The average Bonchev–Trinajstić information content (AvgIpc) is 3.09. The Morgan fingerprint density at radius 3 is 2.73 bits per heavy atom. The Labute approximate surface area is 159 Å². The van der Waals surface area contributed by atoms with Crippen molar-refractivity contribution in [1.82, 2.24) is 15.3 Å². The Bertz CT molecular complexity index is 729. The van der Waals surface area contributed by atoms with E-state index >= 15 is 0 Å². The van der Waals surface area contributed by atoms with E-state index in [4.69, 9.17) is 16.3 Å². The number of aromatic nitrogens is 2. The van der Waals surface area contributed by atoms with E-state index in [0.717, 1.165) is 49.2 Å². The van der Waals surface area contributed by atoms with Gasteiger partial charge in [-0.05, 0) is 37.0 Å².